The number of ether oxygens (including phenoxy) is 1. The van der Waals surface area contributed by atoms with Gasteiger partial charge in [-0.15, -0.1) is 0 Å². The average Bonchev–Trinajstić information content (AvgIpc) is 3.05. The molecule has 2 aromatic rings. The second-order valence-electron chi connectivity index (χ2n) is 7.55. The lowest BCUT2D eigenvalue weighted by Gasteiger charge is -2.38. The van der Waals surface area contributed by atoms with Crippen molar-refractivity contribution in [1.82, 2.24) is 5.32 Å². The summed E-state index contributed by atoms with van der Waals surface area (Å²) >= 11 is 0. The van der Waals surface area contributed by atoms with Gasteiger partial charge in [0.1, 0.15) is 11.5 Å². The van der Waals surface area contributed by atoms with Gasteiger partial charge in [-0.05, 0) is 31.7 Å². The predicted octanol–water partition coefficient (Wildman–Crippen LogP) is 3.59. The Morgan fingerprint density at radius 2 is 1.89 bits per heavy atom. The Morgan fingerprint density at radius 1 is 1.15 bits per heavy atom. The zero-order valence-electron chi connectivity index (χ0n) is 15.7. The van der Waals surface area contributed by atoms with Gasteiger partial charge in [0, 0.05) is 38.0 Å². The summed E-state index contributed by atoms with van der Waals surface area (Å²) < 4.78 is 11.3. The Morgan fingerprint density at radius 3 is 2.63 bits per heavy atom. The van der Waals surface area contributed by atoms with E-state index >= 15 is 0 Å². The van der Waals surface area contributed by atoms with Gasteiger partial charge in [0.2, 0.25) is 0 Å². The number of hydrogen-bond acceptors (Lipinski definition) is 4. The SMILES string of the molecule is Cc1oc2c(c1C(=O)NCC1(c3ccccc3)CCOCC1)C(=O)CCC2. The molecule has 1 aliphatic carbocycles. The lowest BCUT2D eigenvalue weighted by Crippen LogP contribution is -2.44. The molecule has 5 nitrogen and oxygen atoms in total. The second-order valence-corrected chi connectivity index (χ2v) is 7.55. The smallest absolute Gasteiger partial charge is 0.255 e. The summed E-state index contributed by atoms with van der Waals surface area (Å²) in [6.07, 6.45) is 3.71. The van der Waals surface area contributed by atoms with Gasteiger partial charge >= 0.3 is 0 Å². The predicted molar refractivity (Wildman–Crippen MR) is 101 cm³/mol. The summed E-state index contributed by atoms with van der Waals surface area (Å²) in [5.74, 6) is 1.00. The van der Waals surface area contributed by atoms with Crippen molar-refractivity contribution >= 4 is 11.7 Å². The average molecular weight is 367 g/mol. The fourth-order valence-corrected chi connectivity index (χ4v) is 4.34. The van der Waals surface area contributed by atoms with Gasteiger partial charge in [-0.25, -0.2) is 0 Å². The molecule has 27 heavy (non-hydrogen) atoms. The summed E-state index contributed by atoms with van der Waals surface area (Å²) in [7, 11) is 0. The van der Waals surface area contributed by atoms with E-state index in [0.717, 1.165) is 25.7 Å². The Kier molecular flexibility index (Phi) is 4.87. The molecular weight excluding hydrogens is 342 g/mol. The summed E-state index contributed by atoms with van der Waals surface area (Å²) in [6, 6.07) is 10.3. The minimum atomic E-state index is -0.213. The van der Waals surface area contributed by atoms with Crippen LogP contribution in [0.4, 0.5) is 0 Å². The van der Waals surface area contributed by atoms with Crippen molar-refractivity contribution in [3.8, 4) is 0 Å². The first-order valence-corrected chi connectivity index (χ1v) is 9.68. The van der Waals surface area contributed by atoms with Crippen LogP contribution in [-0.4, -0.2) is 31.4 Å². The van der Waals surface area contributed by atoms with Crippen molar-refractivity contribution in [1.29, 1.82) is 0 Å². The van der Waals surface area contributed by atoms with Crippen molar-refractivity contribution < 1.29 is 18.7 Å². The monoisotopic (exact) mass is 367 g/mol. The number of fused-ring (bicyclic) bond motifs is 1. The van der Waals surface area contributed by atoms with E-state index < -0.39 is 0 Å². The van der Waals surface area contributed by atoms with Crippen LogP contribution in [0.5, 0.6) is 0 Å². The molecule has 0 unspecified atom stereocenters. The number of carbonyl (C=O) groups is 2. The number of carbonyl (C=O) groups excluding carboxylic acids is 2. The second kappa shape index (κ2) is 7.31. The summed E-state index contributed by atoms with van der Waals surface area (Å²) in [5, 5.41) is 3.10. The van der Waals surface area contributed by atoms with E-state index in [1.165, 1.54) is 5.56 Å². The van der Waals surface area contributed by atoms with Gasteiger partial charge in [-0.1, -0.05) is 30.3 Å². The Hall–Kier alpha value is -2.40. The first-order valence-electron chi connectivity index (χ1n) is 9.68. The number of rotatable bonds is 4. The molecule has 1 aromatic heterocycles. The quantitative estimate of drug-likeness (QED) is 0.897. The van der Waals surface area contributed by atoms with Crippen LogP contribution in [0.15, 0.2) is 34.7 Å². The van der Waals surface area contributed by atoms with Crippen LogP contribution in [0, 0.1) is 6.92 Å². The number of aryl methyl sites for hydroxylation is 2. The lowest BCUT2D eigenvalue weighted by molar-refractivity contribution is 0.0487. The van der Waals surface area contributed by atoms with Crippen molar-refractivity contribution in [3.05, 3.63) is 58.5 Å². The van der Waals surface area contributed by atoms with Crippen molar-refractivity contribution in [2.75, 3.05) is 19.8 Å². The maximum Gasteiger partial charge on any atom is 0.255 e. The zero-order chi connectivity index (χ0) is 18.9. The molecule has 5 heteroatoms. The standard InChI is InChI=1S/C22H25NO4/c1-15-19(20-17(24)8-5-9-18(20)27-15)21(25)23-14-22(10-12-26-13-11-22)16-6-3-2-4-7-16/h2-4,6-7H,5,8-14H2,1H3,(H,23,25). The number of amides is 1. The molecule has 1 amide bonds. The van der Waals surface area contributed by atoms with Crippen molar-refractivity contribution in [2.24, 2.45) is 0 Å². The van der Waals surface area contributed by atoms with Crippen LogP contribution in [0.1, 0.15) is 63.5 Å². The molecule has 1 aromatic carbocycles. The number of ketones is 1. The summed E-state index contributed by atoms with van der Waals surface area (Å²) in [4.78, 5) is 25.4. The van der Waals surface area contributed by atoms with Gasteiger partial charge in [0.25, 0.3) is 5.91 Å². The van der Waals surface area contributed by atoms with Gasteiger partial charge in [0.15, 0.2) is 5.78 Å². The topological polar surface area (TPSA) is 68.5 Å². The third kappa shape index (κ3) is 3.32. The molecule has 1 saturated heterocycles. The molecular formula is C22H25NO4. The number of benzene rings is 1. The maximum atomic E-state index is 13.0. The highest BCUT2D eigenvalue weighted by Crippen LogP contribution is 2.35. The first-order chi connectivity index (χ1) is 13.1. The summed E-state index contributed by atoms with van der Waals surface area (Å²) in [6.45, 7) is 3.65. The molecule has 2 heterocycles. The number of nitrogens with one attached hydrogen (secondary N) is 1. The molecule has 1 aliphatic heterocycles. The fraction of sp³-hybridized carbons (Fsp3) is 0.455. The third-order valence-corrected chi connectivity index (χ3v) is 5.89. The fourth-order valence-electron chi connectivity index (χ4n) is 4.34. The van der Waals surface area contributed by atoms with Crippen LogP contribution < -0.4 is 5.32 Å². The van der Waals surface area contributed by atoms with Crippen molar-refractivity contribution in [3.63, 3.8) is 0 Å². The number of Topliss-reactive ketones (excluding diaryl/α,β-unsaturated/α-hetero) is 1. The summed E-state index contributed by atoms with van der Waals surface area (Å²) in [5.41, 5.74) is 1.99. The minimum absolute atomic E-state index is 0.0158. The van der Waals surface area contributed by atoms with Crippen LogP contribution in [0.25, 0.3) is 0 Å². The van der Waals surface area contributed by atoms with E-state index in [-0.39, 0.29) is 17.1 Å². The van der Waals surface area contributed by atoms with E-state index in [9.17, 15) is 9.59 Å². The lowest BCUT2D eigenvalue weighted by atomic mass is 9.74. The van der Waals surface area contributed by atoms with Crippen LogP contribution in [0.3, 0.4) is 0 Å². The first kappa shape index (κ1) is 18.0. The van der Waals surface area contributed by atoms with E-state index in [4.69, 9.17) is 9.15 Å². The van der Waals surface area contributed by atoms with Gasteiger partial charge in [-0.2, -0.15) is 0 Å². The van der Waals surface area contributed by atoms with Crippen LogP contribution >= 0.6 is 0 Å². The largest absolute Gasteiger partial charge is 0.465 e. The van der Waals surface area contributed by atoms with Crippen molar-refractivity contribution in [2.45, 2.75) is 44.4 Å². The molecule has 0 radical (unpaired) electrons. The minimum Gasteiger partial charge on any atom is -0.465 e. The Balaban J connectivity index is 1.58. The van der Waals surface area contributed by atoms with Gasteiger partial charge < -0.3 is 14.5 Å². The van der Waals surface area contributed by atoms with E-state index in [1.54, 1.807) is 6.92 Å². The molecule has 2 aliphatic rings. The van der Waals surface area contributed by atoms with Crippen LogP contribution in [0.2, 0.25) is 0 Å². The molecule has 0 saturated carbocycles. The van der Waals surface area contributed by atoms with Crippen LogP contribution in [-0.2, 0) is 16.6 Å². The molecule has 1 N–H and O–H groups in total. The molecule has 0 spiro atoms. The van der Waals surface area contributed by atoms with E-state index in [1.807, 2.05) is 18.2 Å². The normalized spacial score (nSPS) is 18.8. The molecule has 0 atom stereocenters. The van der Waals surface area contributed by atoms with E-state index in [2.05, 4.69) is 17.4 Å². The third-order valence-electron chi connectivity index (χ3n) is 5.89. The van der Waals surface area contributed by atoms with Gasteiger partial charge in [-0.3, -0.25) is 9.59 Å². The Bertz CT molecular complexity index is 847. The number of hydrogen-bond donors (Lipinski definition) is 1. The number of furan rings is 1. The molecule has 4 rings (SSSR count). The highest BCUT2D eigenvalue weighted by atomic mass is 16.5. The Labute approximate surface area is 159 Å². The highest BCUT2D eigenvalue weighted by Gasteiger charge is 2.36. The van der Waals surface area contributed by atoms with Gasteiger partial charge in [0.05, 0.1) is 11.1 Å². The molecule has 0 bridgehead atoms. The molecule has 142 valence electrons. The highest BCUT2D eigenvalue weighted by molar-refractivity contribution is 6.10. The molecule has 1 fully saturated rings. The van der Waals surface area contributed by atoms with E-state index in [0.29, 0.717) is 48.8 Å². The zero-order valence-corrected chi connectivity index (χ0v) is 15.7. The maximum absolute atomic E-state index is 13.0.